The molecule has 0 saturated heterocycles. The number of aromatic nitrogens is 2. The lowest BCUT2D eigenvalue weighted by atomic mass is 9.98. The number of amides is 1. The topological polar surface area (TPSA) is 110 Å². The van der Waals surface area contributed by atoms with E-state index in [9.17, 15) is 10.1 Å². The third-order valence-corrected chi connectivity index (χ3v) is 5.20. The Balaban J connectivity index is 1.36. The van der Waals surface area contributed by atoms with Crippen molar-refractivity contribution in [3.8, 4) is 29.0 Å². The molecular formula is C17H16N4O4S. The number of nitrogens with zero attached hydrogens (tertiary/aromatic N) is 3. The number of hydrogen-bond donors (Lipinski definition) is 1. The van der Waals surface area contributed by atoms with Gasteiger partial charge in [-0.05, 0) is 43.9 Å². The molecule has 26 heavy (non-hydrogen) atoms. The third-order valence-electron chi connectivity index (χ3n) is 4.38. The molecule has 4 rings (SSSR count). The molecule has 0 spiro atoms. The Labute approximate surface area is 153 Å². The number of nitriles is 1. The Bertz CT molecular complexity index is 889. The summed E-state index contributed by atoms with van der Waals surface area (Å²) in [5.41, 5.74) is -0.0896. The van der Waals surface area contributed by atoms with Gasteiger partial charge >= 0.3 is 0 Å². The van der Waals surface area contributed by atoms with Crippen molar-refractivity contribution >= 4 is 17.7 Å². The molecule has 0 unspecified atom stereocenters. The summed E-state index contributed by atoms with van der Waals surface area (Å²) in [5, 5.41) is 20.3. The minimum atomic E-state index is -0.801. The highest BCUT2D eigenvalue weighted by Crippen LogP contribution is 2.39. The van der Waals surface area contributed by atoms with Crippen molar-refractivity contribution in [3.63, 3.8) is 0 Å². The van der Waals surface area contributed by atoms with E-state index in [1.807, 2.05) is 0 Å². The quantitative estimate of drug-likeness (QED) is 0.770. The average Bonchev–Trinajstić information content (AvgIpc) is 3.23. The number of thioether (sulfide) groups is 1. The van der Waals surface area contributed by atoms with Gasteiger partial charge in [0.2, 0.25) is 18.6 Å². The Morgan fingerprint density at radius 2 is 2.19 bits per heavy atom. The lowest BCUT2D eigenvalue weighted by Gasteiger charge is -2.22. The number of nitrogens with one attached hydrogen (secondary N) is 1. The molecule has 2 aromatic rings. The highest BCUT2D eigenvalue weighted by molar-refractivity contribution is 7.99. The molecule has 1 aromatic carbocycles. The van der Waals surface area contributed by atoms with Crippen molar-refractivity contribution < 1.29 is 18.7 Å². The van der Waals surface area contributed by atoms with Crippen LogP contribution < -0.4 is 14.8 Å². The average molecular weight is 372 g/mol. The first-order valence-corrected chi connectivity index (χ1v) is 9.14. The normalized spacial score (nSPS) is 17.4. The summed E-state index contributed by atoms with van der Waals surface area (Å²) in [6.07, 6.45) is 1.94. The van der Waals surface area contributed by atoms with Crippen LogP contribution in [0.15, 0.2) is 27.8 Å². The lowest BCUT2D eigenvalue weighted by Crippen LogP contribution is -2.47. The molecule has 2 heterocycles. The number of hydrogen-bond acceptors (Lipinski definition) is 8. The SMILES string of the molecule is C[C@@](C#N)(NC(=O)CSc1nnc(-c2ccc3c(c2)OCO3)o1)C1CC1. The maximum Gasteiger partial charge on any atom is 0.277 e. The number of benzene rings is 1. The maximum atomic E-state index is 12.1. The van der Waals surface area contributed by atoms with Gasteiger partial charge in [0.15, 0.2) is 11.5 Å². The first-order valence-electron chi connectivity index (χ1n) is 8.16. The zero-order chi connectivity index (χ0) is 18.1. The summed E-state index contributed by atoms with van der Waals surface area (Å²) in [4.78, 5) is 12.1. The van der Waals surface area contributed by atoms with Crippen LogP contribution in [0.25, 0.3) is 11.5 Å². The van der Waals surface area contributed by atoms with E-state index < -0.39 is 5.54 Å². The maximum absolute atomic E-state index is 12.1. The van der Waals surface area contributed by atoms with Crippen LogP contribution in [0.4, 0.5) is 0 Å². The Kier molecular flexibility index (Phi) is 4.20. The van der Waals surface area contributed by atoms with Gasteiger partial charge in [-0.2, -0.15) is 5.26 Å². The molecule has 1 N–H and O–H groups in total. The van der Waals surface area contributed by atoms with Crippen molar-refractivity contribution in [1.82, 2.24) is 15.5 Å². The van der Waals surface area contributed by atoms with Gasteiger partial charge < -0.3 is 19.2 Å². The second-order valence-corrected chi connectivity index (χ2v) is 7.29. The molecular weight excluding hydrogens is 356 g/mol. The third kappa shape index (κ3) is 3.32. The summed E-state index contributed by atoms with van der Waals surface area (Å²) >= 11 is 1.14. The summed E-state index contributed by atoms with van der Waals surface area (Å²) in [7, 11) is 0. The van der Waals surface area contributed by atoms with E-state index in [4.69, 9.17) is 13.9 Å². The van der Waals surface area contributed by atoms with Gasteiger partial charge in [-0.3, -0.25) is 4.79 Å². The lowest BCUT2D eigenvalue weighted by molar-refractivity contribution is -0.119. The summed E-state index contributed by atoms with van der Waals surface area (Å²) in [6.45, 7) is 1.96. The van der Waals surface area contributed by atoms with E-state index in [0.29, 0.717) is 23.0 Å². The van der Waals surface area contributed by atoms with Gasteiger partial charge in [0.25, 0.3) is 5.22 Å². The summed E-state index contributed by atoms with van der Waals surface area (Å²) in [6, 6.07) is 7.55. The van der Waals surface area contributed by atoms with E-state index >= 15 is 0 Å². The van der Waals surface area contributed by atoms with Crippen LogP contribution in [0.2, 0.25) is 0 Å². The monoisotopic (exact) mass is 372 g/mol. The van der Waals surface area contributed by atoms with Crippen LogP contribution in [-0.4, -0.2) is 34.2 Å². The minimum Gasteiger partial charge on any atom is -0.454 e. The standard InChI is InChI=1S/C17H16N4O4S/c1-17(8-18,11-3-4-11)19-14(22)7-26-16-21-20-15(25-16)10-2-5-12-13(6-10)24-9-23-12/h2,5-6,11H,3-4,7,9H2,1H3,(H,19,22)/t17-/m0/s1. The molecule has 1 aromatic heterocycles. The van der Waals surface area contributed by atoms with E-state index in [2.05, 4.69) is 21.6 Å². The Morgan fingerprint density at radius 1 is 1.38 bits per heavy atom. The van der Waals surface area contributed by atoms with Gasteiger partial charge in [-0.25, -0.2) is 0 Å². The number of ether oxygens (including phenoxy) is 2. The van der Waals surface area contributed by atoms with Gasteiger partial charge in [0, 0.05) is 5.56 Å². The number of rotatable bonds is 6. The van der Waals surface area contributed by atoms with Gasteiger partial charge in [-0.15, -0.1) is 10.2 Å². The highest BCUT2D eigenvalue weighted by Gasteiger charge is 2.42. The van der Waals surface area contributed by atoms with Gasteiger partial charge in [-0.1, -0.05) is 11.8 Å². The van der Waals surface area contributed by atoms with Gasteiger partial charge in [0.1, 0.15) is 5.54 Å². The fourth-order valence-corrected chi connectivity index (χ4v) is 3.31. The van der Waals surface area contributed by atoms with Crippen molar-refractivity contribution in [1.29, 1.82) is 5.26 Å². The van der Waals surface area contributed by atoms with E-state index in [1.54, 1.807) is 25.1 Å². The van der Waals surface area contributed by atoms with Crippen LogP contribution >= 0.6 is 11.8 Å². The molecule has 2 aliphatic rings. The van der Waals surface area contributed by atoms with E-state index in [1.165, 1.54) is 0 Å². The highest BCUT2D eigenvalue weighted by atomic mass is 32.2. The fraction of sp³-hybridized carbons (Fsp3) is 0.412. The van der Waals surface area contributed by atoms with Crippen molar-refractivity contribution in [2.45, 2.75) is 30.5 Å². The molecule has 134 valence electrons. The van der Waals surface area contributed by atoms with Gasteiger partial charge in [0.05, 0.1) is 11.8 Å². The molecule has 1 fully saturated rings. The fourth-order valence-electron chi connectivity index (χ4n) is 2.75. The molecule has 1 aliphatic carbocycles. The molecule has 9 heteroatoms. The Hall–Kier alpha value is -2.73. The largest absolute Gasteiger partial charge is 0.454 e. The predicted octanol–water partition coefficient (Wildman–Crippen LogP) is 2.37. The van der Waals surface area contributed by atoms with Crippen LogP contribution in [-0.2, 0) is 4.79 Å². The zero-order valence-electron chi connectivity index (χ0n) is 14.0. The summed E-state index contributed by atoms with van der Waals surface area (Å²) in [5.74, 6) is 1.76. The number of carbonyl (C=O) groups is 1. The first kappa shape index (κ1) is 16.7. The van der Waals surface area contributed by atoms with Crippen molar-refractivity contribution in [2.75, 3.05) is 12.5 Å². The smallest absolute Gasteiger partial charge is 0.277 e. The molecule has 8 nitrogen and oxygen atoms in total. The van der Waals surface area contributed by atoms with E-state index in [0.717, 1.165) is 24.6 Å². The first-order chi connectivity index (χ1) is 12.6. The number of fused-ring (bicyclic) bond motifs is 1. The predicted molar refractivity (Wildman–Crippen MR) is 91.5 cm³/mol. The molecule has 0 bridgehead atoms. The molecule has 1 atom stereocenters. The van der Waals surface area contributed by atoms with Crippen molar-refractivity contribution in [2.24, 2.45) is 5.92 Å². The van der Waals surface area contributed by atoms with Crippen LogP contribution in [0.1, 0.15) is 19.8 Å². The molecule has 0 radical (unpaired) electrons. The number of carbonyl (C=O) groups excluding carboxylic acids is 1. The minimum absolute atomic E-state index is 0.104. The van der Waals surface area contributed by atoms with Crippen LogP contribution in [0, 0.1) is 17.2 Å². The molecule has 1 amide bonds. The second-order valence-electron chi connectivity index (χ2n) is 6.37. The van der Waals surface area contributed by atoms with Crippen LogP contribution in [0.5, 0.6) is 11.5 Å². The second kappa shape index (κ2) is 6.53. The van der Waals surface area contributed by atoms with E-state index in [-0.39, 0.29) is 29.6 Å². The molecule has 1 aliphatic heterocycles. The zero-order valence-corrected chi connectivity index (χ0v) is 14.8. The molecule has 1 saturated carbocycles. The van der Waals surface area contributed by atoms with Crippen LogP contribution in [0.3, 0.4) is 0 Å². The summed E-state index contributed by atoms with van der Waals surface area (Å²) < 4.78 is 16.2. The van der Waals surface area contributed by atoms with Crippen molar-refractivity contribution in [3.05, 3.63) is 18.2 Å². The Morgan fingerprint density at radius 3 is 2.96 bits per heavy atom.